The van der Waals surface area contributed by atoms with Crippen LogP contribution in [0.3, 0.4) is 0 Å². The molecule has 3 rings (SSSR count). The fraction of sp³-hybridized carbons (Fsp3) is 0.417. The van der Waals surface area contributed by atoms with Crippen LogP contribution in [-0.4, -0.2) is 52.8 Å². The van der Waals surface area contributed by atoms with Gasteiger partial charge >= 0.3 is 5.97 Å². The van der Waals surface area contributed by atoms with Crippen molar-refractivity contribution in [2.24, 2.45) is 0 Å². The number of carboxylic acids is 1. The average Bonchev–Trinajstić information content (AvgIpc) is 3.10. The number of carbonyl (C=O) groups is 2. The number of nitrogens with zero attached hydrogens (tertiary/aromatic N) is 4. The molecule has 12 heteroatoms. The zero-order valence-electron chi connectivity index (χ0n) is 12.1. The highest BCUT2D eigenvalue weighted by atomic mass is 35.5. The summed E-state index contributed by atoms with van der Waals surface area (Å²) < 4.78 is 1.15. The number of likely N-dealkylation sites (tertiary alicyclic amines) is 1. The lowest BCUT2D eigenvalue weighted by atomic mass is 10.1. The molecular weight excluding hydrogens is 363 g/mol. The molecule has 2 aromatic rings. The lowest BCUT2D eigenvalue weighted by molar-refractivity contribution is -0.163. The normalized spacial score (nSPS) is 20.9. The summed E-state index contributed by atoms with van der Waals surface area (Å²) >= 11 is 11.3. The standard InChI is InChI=1S/C12H12Cl2N6O4/c13-6(14)9(22)19-3-1-2-12(19,10(23)24)20-4-16-5-7(20)17-11(15)18-8(5)21/h4,6H,1-3H2,(H,23,24)(H3,15,17,18,21)/t12-/m1/s1. The molecule has 0 unspecified atom stereocenters. The van der Waals surface area contributed by atoms with Crippen LogP contribution in [0.25, 0.3) is 11.2 Å². The van der Waals surface area contributed by atoms with Gasteiger partial charge in [0.25, 0.3) is 11.5 Å². The van der Waals surface area contributed by atoms with Crippen molar-refractivity contribution in [2.45, 2.75) is 23.3 Å². The van der Waals surface area contributed by atoms with Crippen molar-refractivity contribution in [2.75, 3.05) is 12.3 Å². The first-order valence-corrected chi connectivity index (χ1v) is 7.72. The van der Waals surface area contributed by atoms with Gasteiger partial charge in [-0.1, -0.05) is 23.2 Å². The molecule has 1 atom stereocenters. The van der Waals surface area contributed by atoms with Gasteiger partial charge in [0.05, 0.1) is 6.33 Å². The number of nitrogens with two attached hydrogens (primary N) is 1. The molecule has 1 aliphatic heterocycles. The highest BCUT2D eigenvalue weighted by Gasteiger charge is 2.53. The number of carbonyl (C=O) groups excluding carboxylic acids is 1. The minimum Gasteiger partial charge on any atom is -0.478 e. The number of aromatic amines is 1. The summed E-state index contributed by atoms with van der Waals surface area (Å²) in [6, 6.07) is 0. The van der Waals surface area contributed by atoms with Gasteiger partial charge in [0, 0.05) is 13.0 Å². The van der Waals surface area contributed by atoms with Gasteiger partial charge in [-0.25, -0.2) is 9.78 Å². The van der Waals surface area contributed by atoms with Crippen LogP contribution >= 0.6 is 23.2 Å². The van der Waals surface area contributed by atoms with Crippen LogP contribution in [-0.2, 0) is 15.3 Å². The number of fused-ring (bicyclic) bond motifs is 1. The van der Waals surface area contributed by atoms with Crippen molar-refractivity contribution in [1.29, 1.82) is 0 Å². The average molecular weight is 375 g/mol. The molecule has 10 nitrogen and oxygen atoms in total. The molecule has 24 heavy (non-hydrogen) atoms. The zero-order chi connectivity index (χ0) is 17.6. The molecule has 0 saturated carbocycles. The highest BCUT2D eigenvalue weighted by molar-refractivity contribution is 6.53. The Morgan fingerprint density at radius 2 is 2.17 bits per heavy atom. The number of anilines is 1. The second-order valence-electron chi connectivity index (χ2n) is 5.25. The van der Waals surface area contributed by atoms with Gasteiger partial charge in [0.15, 0.2) is 16.0 Å². The monoisotopic (exact) mass is 374 g/mol. The number of amides is 1. The van der Waals surface area contributed by atoms with E-state index in [0.717, 1.165) is 15.8 Å². The van der Waals surface area contributed by atoms with E-state index in [-0.39, 0.29) is 30.1 Å². The lowest BCUT2D eigenvalue weighted by Crippen LogP contribution is -2.55. The van der Waals surface area contributed by atoms with Crippen molar-refractivity contribution in [3.8, 4) is 0 Å². The molecule has 1 saturated heterocycles. The molecule has 0 aliphatic carbocycles. The van der Waals surface area contributed by atoms with E-state index >= 15 is 0 Å². The smallest absolute Gasteiger partial charge is 0.351 e. The van der Waals surface area contributed by atoms with E-state index in [0.29, 0.717) is 6.42 Å². The fourth-order valence-electron chi connectivity index (χ4n) is 2.99. The molecule has 4 N–H and O–H groups in total. The van der Waals surface area contributed by atoms with Crippen LogP contribution in [0.4, 0.5) is 5.95 Å². The van der Waals surface area contributed by atoms with Gasteiger partial charge in [-0.15, -0.1) is 0 Å². The first-order valence-electron chi connectivity index (χ1n) is 6.85. The third kappa shape index (κ3) is 2.21. The number of aliphatic carboxylic acids is 1. The van der Waals surface area contributed by atoms with Crippen molar-refractivity contribution in [3.63, 3.8) is 0 Å². The molecule has 0 spiro atoms. The molecule has 0 radical (unpaired) electrons. The van der Waals surface area contributed by atoms with Crippen molar-refractivity contribution in [1.82, 2.24) is 24.4 Å². The topological polar surface area (TPSA) is 147 Å². The molecule has 2 aromatic heterocycles. The predicted molar refractivity (Wildman–Crippen MR) is 84.6 cm³/mol. The summed E-state index contributed by atoms with van der Waals surface area (Å²) in [5.74, 6) is -2.27. The first-order chi connectivity index (χ1) is 11.3. The van der Waals surface area contributed by atoms with Crippen LogP contribution in [0.2, 0.25) is 0 Å². The van der Waals surface area contributed by atoms with Gasteiger partial charge in [-0.05, 0) is 6.42 Å². The molecule has 1 fully saturated rings. The van der Waals surface area contributed by atoms with Crippen LogP contribution < -0.4 is 11.3 Å². The number of nitrogen functional groups attached to an aromatic ring is 1. The van der Waals surface area contributed by atoms with Crippen molar-refractivity contribution >= 4 is 52.2 Å². The molecule has 0 aromatic carbocycles. The fourth-order valence-corrected chi connectivity index (χ4v) is 3.22. The van der Waals surface area contributed by atoms with Crippen LogP contribution in [0.1, 0.15) is 12.8 Å². The number of halogens is 2. The van der Waals surface area contributed by atoms with Crippen LogP contribution in [0.15, 0.2) is 11.1 Å². The van der Waals surface area contributed by atoms with Crippen LogP contribution in [0.5, 0.6) is 0 Å². The molecule has 0 bridgehead atoms. The van der Waals surface area contributed by atoms with E-state index in [2.05, 4.69) is 15.0 Å². The summed E-state index contributed by atoms with van der Waals surface area (Å²) in [7, 11) is 0. The number of nitrogens with one attached hydrogen (secondary N) is 1. The highest BCUT2D eigenvalue weighted by Crippen LogP contribution is 2.37. The van der Waals surface area contributed by atoms with E-state index in [4.69, 9.17) is 28.9 Å². The number of carboxylic acid groups (broad SMARTS) is 1. The maximum absolute atomic E-state index is 12.3. The van der Waals surface area contributed by atoms with Gasteiger partial charge in [0.1, 0.15) is 0 Å². The Balaban J connectivity index is 2.28. The molecular formula is C12H12Cl2N6O4. The Hall–Kier alpha value is -2.33. The number of hydrogen-bond acceptors (Lipinski definition) is 6. The summed E-state index contributed by atoms with van der Waals surface area (Å²) in [5, 5.41) is 9.86. The zero-order valence-corrected chi connectivity index (χ0v) is 13.6. The second kappa shape index (κ2) is 5.64. The Bertz CT molecular complexity index is 893. The number of aromatic nitrogens is 4. The third-order valence-electron chi connectivity index (χ3n) is 3.97. The molecule has 1 amide bonds. The minimum atomic E-state index is -1.83. The van der Waals surface area contributed by atoms with Gasteiger partial charge in [-0.2, -0.15) is 4.98 Å². The van der Waals surface area contributed by atoms with Gasteiger partial charge in [-0.3, -0.25) is 19.1 Å². The third-order valence-corrected chi connectivity index (χ3v) is 4.35. The minimum absolute atomic E-state index is 0.0426. The van der Waals surface area contributed by atoms with Crippen molar-refractivity contribution < 1.29 is 14.7 Å². The maximum atomic E-state index is 12.3. The largest absolute Gasteiger partial charge is 0.478 e. The second-order valence-corrected chi connectivity index (χ2v) is 6.35. The maximum Gasteiger partial charge on any atom is 0.351 e. The summed E-state index contributed by atoms with van der Waals surface area (Å²) in [6.45, 7) is 0.138. The molecule has 3 heterocycles. The van der Waals surface area contributed by atoms with E-state index < -0.39 is 27.9 Å². The SMILES string of the molecule is Nc1nc2c(ncn2[C@@]2(C(=O)O)CCCN2C(=O)C(Cl)Cl)c(=O)[nH]1. The predicted octanol–water partition coefficient (Wildman–Crippen LogP) is -0.135. The Morgan fingerprint density at radius 1 is 1.46 bits per heavy atom. The summed E-state index contributed by atoms with van der Waals surface area (Å²) in [5.41, 5.74) is 2.96. The molecule has 1 aliphatic rings. The number of imidazole rings is 1. The Morgan fingerprint density at radius 3 is 2.79 bits per heavy atom. The number of rotatable bonds is 3. The van der Waals surface area contributed by atoms with E-state index in [1.54, 1.807) is 0 Å². The van der Waals surface area contributed by atoms with Crippen LogP contribution in [0, 0.1) is 0 Å². The number of hydrogen-bond donors (Lipinski definition) is 3. The quantitative estimate of drug-likeness (QED) is 0.633. The first kappa shape index (κ1) is 16.5. The van der Waals surface area contributed by atoms with Crippen molar-refractivity contribution in [3.05, 3.63) is 16.7 Å². The summed E-state index contributed by atoms with van der Waals surface area (Å²) in [6.07, 6.45) is 1.62. The van der Waals surface area contributed by atoms with Gasteiger partial charge in [0.2, 0.25) is 11.6 Å². The van der Waals surface area contributed by atoms with E-state index in [1.807, 2.05) is 0 Å². The summed E-state index contributed by atoms with van der Waals surface area (Å²) in [4.78, 5) is 46.1. The number of H-pyrrole nitrogens is 1. The van der Waals surface area contributed by atoms with E-state index in [1.165, 1.54) is 0 Å². The van der Waals surface area contributed by atoms with E-state index in [9.17, 15) is 19.5 Å². The number of alkyl halides is 2. The van der Waals surface area contributed by atoms with Gasteiger partial charge < -0.3 is 15.7 Å². The Kier molecular flexibility index (Phi) is 3.88. The Labute approximate surface area is 144 Å². The molecule has 128 valence electrons. The lowest BCUT2D eigenvalue weighted by Gasteiger charge is -2.36.